The highest BCUT2D eigenvalue weighted by atomic mass is 16.1. The summed E-state index contributed by atoms with van der Waals surface area (Å²) in [5.41, 5.74) is 2.71. The molecule has 1 heterocycles. The van der Waals surface area contributed by atoms with Crippen molar-refractivity contribution < 1.29 is 4.79 Å². The van der Waals surface area contributed by atoms with Gasteiger partial charge >= 0.3 is 0 Å². The second kappa shape index (κ2) is 3.69. The molecule has 3 heteroatoms. The van der Waals surface area contributed by atoms with Crippen LogP contribution in [0, 0.1) is 13.8 Å². The van der Waals surface area contributed by atoms with E-state index < -0.39 is 0 Å². The van der Waals surface area contributed by atoms with Crippen molar-refractivity contribution in [2.24, 2.45) is 0 Å². The summed E-state index contributed by atoms with van der Waals surface area (Å²) in [4.78, 5) is 14.8. The lowest BCUT2D eigenvalue weighted by atomic mass is 10.2. The van der Waals surface area contributed by atoms with Crippen molar-refractivity contribution in [2.45, 2.75) is 13.8 Å². The van der Waals surface area contributed by atoms with E-state index in [9.17, 15) is 4.79 Å². The normalized spacial score (nSPS) is 10.3. The van der Waals surface area contributed by atoms with Crippen LogP contribution >= 0.6 is 0 Å². The van der Waals surface area contributed by atoms with Gasteiger partial charge in [-0.1, -0.05) is 0 Å². The Morgan fingerprint density at radius 2 is 1.87 bits per heavy atom. The second-order valence-corrected chi connectivity index (χ2v) is 3.51. The summed E-state index contributed by atoms with van der Waals surface area (Å²) in [6, 6.07) is 7.43. The van der Waals surface area contributed by atoms with Crippen LogP contribution in [0.3, 0.4) is 0 Å². The van der Waals surface area contributed by atoms with E-state index in [4.69, 9.17) is 0 Å². The molecule has 1 aromatic heterocycles. The Bertz CT molecular complexity index is 483. The van der Waals surface area contributed by atoms with Crippen molar-refractivity contribution in [3.63, 3.8) is 0 Å². The van der Waals surface area contributed by atoms with Crippen LogP contribution in [0.15, 0.2) is 30.5 Å². The predicted molar refractivity (Wildman–Crippen MR) is 58.4 cm³/mol. The lowest BCUT2D eigenvalue weighted by Gasteiger charge is -2.04. The van der Waals surface area contributed by atoms with Crippen LogP contribution in [0.4, 0.5) is 0 Å². The van der Waals surface area contributed by atoms with E-state index in [-0.39, 0.29) is 0 Å². The third kappa shape index (κ3) is 1.81. The molecular weight excluding hydrogens is 188 g/mol. The van der Waals surface area contributed by atoms with Gasteiger partial charge in [0.2, 0.25) is 0 Å². The van der Waals surface area contributed by atoms with Gasteiger partial charge < -0.3 is 4.57 Å². The highest BCUT2D eigenvalue weighted by Crippen LogP contribution is 2.12. The molecule has 0 saturated heterocycles. The molecule has 0 unspecified atom stereocenters. The highest BCUT2D eigenvalue weighted by Gasteiger charge is 2.02. The summed E-state index contributed by atoms with van der Waals surface area (Å²) in [6.07, 6.45) is 2.82. The summed E-state index contributed by atoms with van der Waals surface area (Å²) in [6.45, 7) is 3.92. The van der Waals surface area contributed by atoms with Crippen LogP contribution in [0.2, 0.25) is 0 Å². The number of aryl methyl sites for hydroxylation is 2. The molecule has 0 spiro atoms. The first-order valence-electron chi connectivity index (χ1n) is 4.79. The topological polar surface area (TPSA) is 34.9 Å². The first-order valence-corrected chi connectivity index (χ1v) is 4.79. The molecule has 76 valence electrons. The molecule has 3 nitrogen and oxygen atoms in total. The number of rotatable bonds is 2. The molecule has 0 radical (unpaired) electrons. The molecule has 0 aliphatic carbocycles. The molecular formula is C12H12N2O. The van der Waals surface area contributed by atoms with E-state index in [0.29, 0.717) is 5.56 Å². The van der Waals surface area contributed by atoms with E-state index in [1.165, 1.54) is 0 Å². The fourth-order valence-corrected chi connectivity index (χ4v) is 1.59. The zero-order valence-electron chi connectivity index (χ0n) is 8.77. The van der Waals surface area contributed by atoms with Crippen molar-refractivity contribution in [3.8, 4) is 5.69 Å². The molecule has 0 fully saturated rings. The maximum Gasteiger partial charge on any atom is 0.150 e. The zero-order chi connectivity index (χ0) is 10.8. The van der Waals surface area contributed by atoms with E-state index in [2.05, 4.69) is 4.98 Å². The van der Waals surface area contributed by atoms with Crippen LogP contribution in [-0.4, -0.2) is 15.8 Å². The minimum absolute atomic E-state index is 0.688. The van der Waals surface area contributed by atoms with Crippen LogP contribution in [0.25, 0.3) is 5.69 Å². The average Bonchev–Trinajstić information content (AvgIpc) is 2.58. The number of benzene rings is 1. The third-order valence-corrected chi connectivity index (χ3v) is 2.31. The molecule has 0 aliphatic heterocycles. The molecule has 0 N–H and O–H groups in total. The van der Waals surface area contributed by atoms with Gasteiger partial charge in [0.15, 0.2) is 0 Å². The van der Waals surface area contributed by atoms with E-state index in [0.717, 1.165) is 23.5 Å². The van der Waals surface area contributed by atoms with E-state index >= 15 is 0 Å². The monoisotopic (exact) mass is 200 g/mol. The van der Waals surface area contributed by atoms with Crippen LogP contribution in [0.5, 0.6) is 0 Å². The summed E-state index contributed by atoms with van der Waals surface area (Å²) in [7, 11) is 0. The van der Waals surface area contributed by atoms with Crippen LogP contribution < -0.4 is 0 Å². The first-order chi connectivity index (χ1) is 7.20. The van der Waals surface area contributed by atoms with Crippen molar-refractivity contribution in [1.82, 2.24) is 9.55 Å². The summed E-state index contributed by atoms with van der Waals surface area (Å²) in [5.74, 6) is 0.950. The van der Waals surface area contributed by atoms with E-state index in [1.807, 2.05) is 36.7 Å². The Kier molecular flexibility index (Phi) is 2.37. The minimum Gasteiger partial charge on any atom is -0.304 e. The Morgan fingerprint density at radius 1 is 1.20 bits per heavy atom. The molecule has 1 aromatic carbocycles. The molecule has 0 saturated carbocycles. The zero-order valence-corrected chi connectivity index (χ0v) is 8.77. The largest absolute Gasteiger partial charge is 0.304 e. The second-order valence-electron chi connectivity index (χ2n) is 3.51. The Labute approximate surface area is 88.4 Å². The number of nitrogens with zero attached hydrogens (tertiary/aromatic N) is 2. The van der Waals surface area contributed by atoms with Gasteiger partial charge in [0, 0.05) is 17.4 Å². The lowest BCUT2D eigenvalue weighted by Crippen LogP contribution is -1.95. The van der Waals surface area contributed by atoms with Gasteiger partial charge in [-0.15, -0.1) is 0 Å². The lowest BCUT2D eigenvalue weighted by molar-refractivity contribution is 0.112. The van der Waals surface area contributed by atoms with Gasteiger partial charge in [0.1, 0.15) is 12.1 Å². The molecule has 0 aliphatic rings. The smallest absolute Gasteiger partial charge is 0.150 e. The summed E-state index contributed by atoms with van der Waals surface area (Å²) < 4.78 is 2.00. The van der Waals surface area contributed by atoms with Gasteiger partial charge in [-0.05, 0) is 38.1 Å². The quantitative estimate of drug-likeness (QED) is 0.697. The first kappa shape index (κ1) is 9.65. The molecule has 0 bridgehead atoms. The van der Waals surface area contributed by atoms with Crippen molar-refractivity contribution in [1.29, 1.82) is 0 Å². The molecule has 0 amide bonds. The molecule has 15 heavy (non-hydrogen) atoms. The van der Waals surface area contributed by atoms with E-state index in [1.54, 1.807) is 12.1 Å². The number of carbonyl (C=O) groups is 1. The number of hydrogen-bond acceptors (Lipinski definition) is 2. The average molecular weight is 200 g/mol. The Hall–Kier alpha value is -1.90. The van der Waals surface area contributed by atoms with Crippen LogP contribution in [0.1, 0.15) is 21.9 Å². The van der Waals surface area contributed by atoms with Crippen molar-refractivity contribution in [2.75, 3.05) is 0 Å². The number of aldehydes is 1. The SMILES string of the molecule is Cc1cn(-c2ccc(C=O)cc2)c(C)n1. The predicted octanol–water partition coefficient (Wildman–Crippen LogP) is 2.30. The fourth-order valence-electron chi connectivity index (χ4n) is 1.59. The number of hydrogen-bond donors (Lipinski definition) is 0. The maximum atomic E-state index is 10.5. The Balaban J connectivity index is 2.45. The standard InChI is InChI=1S/C12H12N2O/c1-9-7-14(10(2)13-9)12-5-3-11(8-15)4-6-12/h3-8H,1-2H3. The summed E-state index contributed by atoms with van der Waals surface area (Å²) in [5, 5.41) is 0. The molecule has 2 rings (SSSR count). The van der Waals surface area contributed by atoms with Gasteiger partial charge in [-0.25, -0.2) is 4.98 Å². The van der Waals surface area contributed by atoms with Crippen LogP contribution in [-0.2, 0) is 0 Å². The van der Waals surface area contributed by atoms with Gasteiger partial charge in [0.05, 0.1) is 5.69 Å². The minimum atomic E-state index is 0.688. The van der Waals surface area contributed by atoms with Crippen molar-refractivity contribution in [3.05, 3.63) is 47.5 Å². The third-order valence-electron chi connectivity index (χ3n) is 2.31. The van der Waals surface area contributed by atoms with Gasteiger partial charge in [-0.2, -0.15) is 0 Å². The Morgan fingerprint density at radius 3 is 2.33 bits per heavy atom. The van der Waals surface area contributed by atoms with Crippen molar-refractivity contribution >= 4 is 6.29 Å². The van der Waals surface area contributed by atoms with Gasteiger partial charge in [0.25, 0.3) is 0 Å². The maximum absolute atomic E-state index is 10.5. The highest BCUT2D eigenvalue weighted by molar-refractivity contribution is 5.75. The number of aromatic nitrogens is 2. The molecule has 0 atom stereocenters. The molecule has 2 aromatic rings. The fraction of sp³-hybridized carbons (Fsp3) is 0.167. The number of imidazole rings is 1. The number of carbonyl (C=O) groups excluding carboxylic acids is 1. The summed E-state index contributed by atoms with van der Waals surface area (Å²) >= 11 is 0. The van der Waals surface area contributed by atoms with Gasteiger partial charge in [-0.3, -0.25) is 4.79 Å².